The standard InChI is InChI=1S/C13H15NO3S2/c1-4-9-7-10(8(2)14-13(9)15)11-5-6-12(18-11)19(3,16)17/h5-7H,4H2,1-3H3,(H,14,15). The average Bonchev–Trinajstić information content (AvgIpc) is 2.78. The molecule has 2 heterocycles. The number of thiophene rings is 1. The Bertz CT molecular complexity index is 769. The summed E-state index contributed by atoms with van der Waals surface area (Å²) >= 11 is 1.22. The molecule has 0 aliphatic heterocycles. The van der Waals surface area contributed by atoms with E-state index in [9.17, 15) is 13.2 Å². The van der Waals surface area contributed by atoms with Gasteiger partial charge in [-0.2, -0.15) is 0 Å². The summed E-state index contributed by atoms with van der Waals surface area (Å²) < 4.78 is 23.3. The lowest BCUT2D eigenvalue weighted by atomic mass is 10.1. The third-order valence-corrected chi connectivity index (χ3v) is 5.85. The van der Waals surface area contributed by atoms with Crippen molar-refractivity contribution in [3.05, 3.63) is 39.8 Å². The van der Waals surface area contributed by atoms with E-state index in [-0.39, 0.29) is 5.56 Å². The van der Waals surface area contributed by atoms with Gasteiger partial charge in [-0.15, -0.1) is 11.3 Å². The van der Waals surface area contributed by atoms with Crippen LogP contribution in [0, 0.1) is 6.92 Å². The van der Waals surface area contributed by atoms with Gasteiger partial charge in [-0.1, -0.05) is 6.92 Å². The molecule has 0 saturated carbocycles. The fourth-order valence-electron chi connectivity index (χ4n) is 1.85. The molecule has 0 saturated heterocycles. The van der Waals surface area contributed by atoms with E-state index in [1.807, 2.05) is 19.9 Å². The largest absolute Gasteiger partial charge is 0.326 e. The second-order valence-electron chi connectivity index (χ2n) is 4.41. The van der Waals surface area contributed by atoms with Gasteiger partial charge in [0.2, 0.25) is 0 Å². The molecule has 102 valence electrons. The van der Waals surface area contributed by atoms with E-state index in [4.69, 9.17) is 0 Å². The first-order chi connectivity index (χ1) is 8.82. The van der Waals surface area contributed by atoms with Crippen molar-refractivity contribution in [3.8, 4) is 10.4 Å². The molecule has 0 atom stereocenters. The van der Waals surface area contributed by atoms with Gasteiger partial charge in [0.05, 0.1) is 0 Å². The zero-order valence-electron chi connectivity index (χ0n) is 11.0. The number of sulfone groups is 1. The Kier molecular flexibility index (Phi) is 3.64. The first-order valence-electron chi connectivity index (χ1n) is 5.86. The Balaban J connectivity index is 2.59. The predicted octanol–water partition coefficient (Wildman–Crippen LogP) is 2.38. The Morgan fingerprint density at radius 3 is 2.53 bits per heavy atom. The molecule has 0 unspecified atom stereocenters. The third-order valence-electron chi connectivity index (χ3n) is 2.91. The van der Waals surface area contributed by atoms with Crippen molar-refractivity contribution in [1.29, 1.82) is 0 Å². The van der Waals surface area contributed by atoms with Crippen LogP contribution in [0.5, 0.6) is 0 Å². The van der Waals surface area contributed by atoms with Gasteiger partial charge in [0.1, 0.15) is 4.21 Å². The number of H-pyrrole nitrogens is 1. The highest BCUT2D eigenvalue weighted by atomic mass is 32.2. The minimum absolute atomic E-state index is 0.0800. The second-order valence-corrected chi connectivity index (χ2v) is 7.73. The minimum Gasteiger partial charge on any atom is -0.326 e. The van der Waals surface area contributed by atoms with E-state index in [2.05, 4.69) is 4.98 Å². The molecule has 0 radical (unpaired) electrons. The molecule has 19 heavy (non-hydrogen) atoms. The van der Waals surface area contributed by atoms with Gasteiger partial charge in [0, 0.05) is 28.0 Å². The van der Waals surface area contributed by atoms with Crippen molar-refractivity contribution in [2.24, 2.45) is 0 Å². The van der Waals surface area contributed by atoms with Crippen LogP contribution in [-0.2, 0) is 16.3 Å². The van der Waals surface area contributed by atoms with Crippen LogP contribution < -0.4 is 5.56 Å². The maximum Gasteiger partial charge on any atom is 0.251 e. The summed E-state index contributed by atoms with van der Waals surface area (Å²) in [6, 6.07) is 5.22. The van der Waals surface area contributed by atoms with Crippen LogP contribution in [0.2, 0.25) is 0 Å². The minimum atomic E-state index is -3.18. The highest BCUT2D eigenvalue weighted by Crippen LogP contribution is 2.32. The van der Waals surface area contributed by atoms with Crippen LogP contribution in [0.1, 0.15) is 18.2 Å². The van der Waals surface area contributed by atoms with E-state index in [0.717, 1.165) is 16.1 Å². The van der Waals surface area contributed by atoms with Crippen LogP contribution in [0.3, 0.4) is 0 Å². The molecular formula is C13H15NO3S2. The van der Waals surface area contributed by atoms with Crippen molar-refractivity contribution in [1.82, 2.24) is 4.98 Å². The van der Waals surface area contributed by atoms with Gasteiger partial charge < -0.3 is 4.98 Å². The van der Waals surface area contributed by atoms with E-state index < -0.39 is 9.84 Å². The number of nitrogens with one attached hydrogen (secondary N) is 1. The van der Waals surface area contributed by atoms with Gasteiger partial charge in [0.25, 0.3) is 5.56 Å². The van der Waals surface area contributed by atoms with Crippen molar-refractivity contribution in [3.63, 3.8) is 0 Å². The summed E-state index contributed by atoms with van der Waals surface area (Å²) in [6.45, 7) is 3.73. The number of rotatable bonds is 3. The number of aromatic nitrogens is 1. The molecule has 0 aromatic carbocycles. The summed E-state index contributed by atoms with van der Waals surface area (Å²) in [5, 5.41) is 0. The molecule has 0 aliphatic carbocycles. The lowest BCUT2D eigenvalue weighted by molar-refractivity contribution is 0.604. The molecule has 2 rings (SSSR count). The molecule has 2 aromatic heterocycles. The molecule has 0 spiro atoms. The normalized spacial score (nSPS) is 11.7. The summed E-state index contributed by atoms with van der Waals surface area (Å²) in [5.41, 5.74) is 2.26. The lowest BCUT2D eigenvalue weighted by Crippen LogP contribution is -2.13. The molecule has 4 nitrogen and oxygen atoms in total. The summed E-state index contributed by atoms with van der Waals surface area (Å²) in [4.78, 5) is 15.3. The molecule has 0 fully saturated rings. The first-order valence-corrected chi connectivity index (χ1v) is 8.56. The topological polar surface area (TPSA) is 67.0 Å². The highest BCUT2D eigenvalue weighted by Gasteiger charge is 2.14. The maximum atomic E-state index is 11.7. The smallest absolute Gasteiger partial charge is 0.251 e. The first kappa shape index (κ1) is 14.0. The number of aromatic amines is 1. The molecule has 2 aromatic rings. The fraction of sp³-hybridized carbons (Fsp3) is 0.308. The van der Waals surface area contributed by atoms with E-state index in [1.54, 1.807) is 12.1 Å². The second kappa shape index (κ2) is 4.94. The zero-order chi connectivity index (χ0) is 14.2. The van der Waals surface area contributed by atoms with Crippen LogP contribution in [0.4, 0.5) is 0 Å². The predicted molar refractivity (Wildman–Crippen MR) is 77.6 cm³/mol. The number of aryl methyl sites for hydroxylation is 2. The Hall–Kier alpha value is -1.40. The monoisotopic (exact) mass is 297 g/mol. The van der Waals surface area contributed by atoms with Crippen molar-refractivity contribution in [2.45, 2.75) is 24.5 Å². The Labute approximate surface area is 116 Å². The van der Waals surface area contributed by atoms with Crippen LogP contribution in [0.15, 0.2) is 27.2 Å². The zero-order valence-corrected chi connectivity index (χ0v) is 12.6. The van der Waals surface area contributed by atoms with Crippen LogP contribution in [-0.4, -0.2) is 19.7 Å². The average molecular weight is 297 g/mol. The van der Waals surface area contributed by atoms with Gasteiger partial charge in [-0.05, 0) is 31.5 Å². The van der Waals surface area contributed by atoms with Crippen LogP contribution in [0.25, 0.3) is 10.4 Å². The maximum absolute atomic E-state index is 11.7. The van der Waals surface area contributed by atoms with E-state index >= 15 is 0 Å². The van der Waals surface area contributed by atoms with Gasteiger partial charge >= 0.3 is 0 Å². The Morgan fingerprint density at radius 2 is 2.00 bits per heavy atom. The van der Waals surface area contributed by atoms with E-state index in [1.165, 1.54) is 17.6 Å². The molecule has 0 amide bonds. The molecule has 0 aliphatic rings. The summed E-state index contributed by atoms with van der Waals surface area (Å²) in [7, 11) is -3.18. The highest BCUT2D eigenvalue weighted by molar-refractivity contribution is 7.92. The summed E-state index contributed by atoms with van der Waals surface area (Å²) in [6.07, 6.45) is 1.84. The number of pyridine rings is 1. The number of hydrogen-bond acceptors (Lipinski definition) is 4. The van der Waals surface area contributed by atoms with E-state index in [0.29, 0.717) is 16.2 Å². The van der Waals surface area contributed by atoms with Crippen molar-refractivity contribution >= 4 is 21.2 Å². The fourth-order valence-corrected chi connectivity index (χ4v) is 3.85. The molecular weight excluding hydrogens is 282 g/mol. The van der Waals surface area contributed by atoms with Crippen molar-refractivity contribution in [2.75, 3.05) is 6.26 Å². The molecule has 1 N–H and O–H groups in total. The molecule has 6 heteroatoms. The van der Waals surface area contributed by atoms with Gasteiger partial charge in [-0.25, -0.2) is 8.42 Å². The molecule has 0 bridgehead atoms. The third kappa shape index (κ3) is 2.79. The summed E-state index contributed by atoms with van der Waals surface area (Å²) in [5.74, 6) is 0. The van der Waals surface area contributed by atoms with Gasteiger partial charge in [-0.3, -0.25) is 4.79 Å². The quantitative estimate of drug-likeness (QED) is 0.946. The van der Waals surface area contributed by atoms with Gasteiger partial charge in [0.15, 0.2) is 9.84 Å². The SMILES string of the molecule is CCc1cc(-c2ccc(S(C)(=O)=O)s2)c(C)[nH]c1=O. The van der Waals surface area contributed by atoms with Crippen molar-refractivity contribution < 1.29 is 8.42 Å². The number of hydrogen-bond donors (Lipinski definition) is 1. The Morgan fingerprint density at radius 1 is 1.32 bits per heavy atom. The lowest BCUT2D eigenvalue weighted by Gasteiger charge is -2.05. The van der Waals surface area contributed by atoms with Crippen LogP contribution >= 0.6 is 11.3 Å².